The van der Waals surface area contributed by atoms with E-state index >= 15 is 0 Å². The number of nitrogens with zero attached hydrogens (tertiary/aromatic N) is 4. The van der Waals surface area contributed by atoms with Crippen LogP contribution in [0.15, 0.2) is 23.5 Å². The highest BCUT2D eigenvalue weighted by molar-refractivity contribution is 7.89. The molecule has 7 nitrogen and oxygen atoms in total. The highest BCUT2D eigenvalue weighted by atomic mass is 32.2. The van der Waals surface area contributed by atoms with E-state index in [4.69, 9.17) is 5.14 Å². The van der Waals surface area contributed by atoms with E-state index in [1.54, 1.807) is 19.2 Å². The first kappa shape index (κ1) is 12.7. The highest BCUT2D eigenvalue weighted by Crippen LogP contribution is 2.19. The van der Waals surface area contributed by atoms with Gasteiger partial charge >= 0.3 is 0 Å². The third-order valence-electron chi connectivity index (χ3n) is 2.44. The fourth-order valence-corrected chi connectivity index (χ4v) is 2.36. The molecule has 2 aromatic rings. The van der Waals surface area contributed by atoms with Gasteiger partial charge in [0, 0.05) is 24.0 Å². The van der Waals surface area contributed by atoms with E-state index in [1.165, 1.54) is 4.57 Å². The molecule has 0 amide bonds. The summed E-state index contributed by atoms with van der Waals surface area (Å²) >= 11 is 0. The standard InChI is InChI=1S/C10H13N5O2S/c1-3-15-9(8-4-5-12-7(2)6-8)13-14-10(15)18(11,16)17/h4-6H,3H2,1-2H3,(H2,11,16,17). The van der Waals surface area contributed by atoms with Gasteiger partial charge in [0.25, 0.3) is 15.2 Å². The molecule has 2 heterocycles. The molecule has 0 aliphatic heterocycles. The van der Waals surface area contributed by atoms with Crippen molar-refractivity contribution in [2.45, 2.75) is 25.5 Å². The van der Waals surface area contributed by atoms with Crippen LogP contribution < -0.4 is 5.14 Å². The fraction of sp³-hybridized carbons (Fsp3) is 0.300. The third kappa shape index (κ3) is 2.24. The molecule has 0 saturated carbocycles. The van der Waals surface area contributed by atoms with Crippen LogP contribution in [0.5, 0.6) is 0 Å². The second-order valence-corrected chi connectivity index (χ2v) is 5.24. The number of aromatic nitrogens is 4. The Balaban J connectivity index is 2.63. The molecule has 8 heteroatoms. The Hall–Kier alpha value is -1.80. The molecule has 0 spiro atoms. The molecule has 0 aliphatic rings. The Morgan fingerprint density at radius 1 is 1.39 bits per heavy atom. The van der Waals surface area contributed by atoms with E-state index in [0.29, 0.717) is 12.4 Å². The first-order chi connectivity index (χ1) is 8.43. The Bertz CT molecular complexity index is 677. The van der Waals surface area contributed by atoms with E-state index in [1.807, 2.05) is 13.0 Å². The maximum atomic E-state index is 11.4. The molecule has 0 aromatic carbocycles. The molecular weight excluding hydrogens is 254 g/mol. The molecule has 0 aliphatic carbocycles. The van der Waals surface area contributed by atoms with Crippen molar-refractivity contribution in [1.82, 2.24) is 19.7 Å². The van der Waals surface area contributed by atoms with Gasteiger partial charge in [-0.25, -0.2) is 13.6 Å². The van der Waals surface area contributed by atoms with Crippen molar-refractivity contribution in [3.63, 3.8) is 0 Å². The third-order valence-corrected chi connectivity index (χ3v) is 3.25. The monoisotopic (exact) mass is 267 g/mol. The lowest BCUT2D eigenvalue weighted by Gasteiger charge is -2.06. The zero-order valence-electron chi connectivity index (χ0n) is 10.0. The van der Waals surface area contributed by atoms with Crippen molar-refractivity contribution in [2.24, 2.45) is 5.14 Å². The smallest absolute Gasteiger partial charge is 0.273 e. The van der Waals surface area contributed by atoms with E-state index in [9.17, 15) is 8.42 Å². The summed E-state index contributed by atoms with van der Waals surface area (Å²) in [6, 6.07) is 3.55. The first-order valence-electron chi connectivity index (χ1n) is 5.32. The Morgan fingerprint density at radius 2 is 2.11 bits per heavy atom. The Labute approximate surface area is 105 Å². The van der Waals surface area contributed by atoms with Crippen molar-refractivity contribution in [1.29, 1.82) is 0 Å². The van der Waals surface area contributed by atoms with Gasteiger partial charge in [-0.2, -0.15) is 0 Å². The largest absolute Gasteiger partial charge is 0.297 e. The van der Waals surface area contributed by atoms with Crippen molar-refractivity contribution >= 4 is 10.0 Å². The summed E-state index contributed by atoms with van der Waals surface area (Å²) in [5, 5.41) is 12.4. The number of hydrogen-bond acceptors (Lipinski definition) is 5. The minimum Gasteiger partial charge on any atom is -0.297 e. The van der Waals surface area contributed by atoms with Crippen LogP contribution in [-0.2, 0) is 16.6 Å². The van der Waals surface area contributed by atoms with Crippen molar-refractivity contribution < 1.29 is 8.42 Å². The summed E-state index contributed by atoms with van der Waals surface area (Å²) in [5.74, 6) is 0.465. The van der Waals surface area contributed by atoms with Gasteiger partial charge in [0.15, 0.2) is 5.82 Å². The summed E-state index contributed by atoms with van der Waals surface area (Å²) in [6.07, 6.45) is 1.63. The lowest BCUT2D eigenvalue weighted by Crippen LogP contribution is -2.18. The van der Waals surface area contributed by atoms with Crippen LogP contribution >= 0.6 is 0 Å². The second kappa shape index (κ2) is 4.46. The average Bonchev–Trinajstić information content (AvgIpc) is 2.72. The molecule has 2 aromatic heterocycles. The van der Waals surface area contributed by atoms with Gasteiger partial charge < -0.3 is 0 Å². The summed E-state index contributed by atoms with van der Waals surface area (Å²) in [4.78, 5) is 4.08. The normalized spacial score (nSPS) is 11.7. The van der Waals surface area contributed by atoms with Crippen molar-refractivity contribution in [3.05, 3.63) is 24.0 Å². The zero-order chi connectivity index (χ0) is 13.3. The summed E-state index contributed by atoms with van der Waals surface area (Å²) in [5.41, 5.74) is 1.57. The van der Waals surface area contributed by atoms with E-state index in [2.05, 4.69) is 15.2 Å². The minimum atomic E-state index is -3.87. The maximum absolute atomic E-state index is 11.4. The molecule has 0 atom stereocenters. The quantitative estimate of drug-likeness (QED) is 0.862. The zero-order valence-corrected chi connectivity index (χ0v) is 10.8. The van der Waals surface area contributed by atoms with Crippen LogP contribution in [0.25, 0.3) is 11.4 Å². The molecule has 0 unspecified atom stereocenters. The van der Waals surface area contributed by atoms with Crippen LogP contribution in [0.4, 0.5) is 0 Å². The second-order valence-electron chi connectivity index (χ2n) is 3.78. The number of hydrogen-bond donors (Lipinski definition) is 1. The molecule has 0 bridgehead atoms. The number of pyridine rings is 1. The molecule has 2 rings (SSSR count). The number of sulfonamides is 1. The Kier molecular flexibility index (Phi) is 3.14. The number of primary sulfonamides is 1. The molecule has 2 N–H and O–H groups in total. The SMILES string of the molecule is CCn1c(-c2ccnc(C)c2)nnc1S(N)(=O)=O. The summed E-state index contributed by atoms with van der Waals surface area (Å²) < 4.78 is 24.2. The van der Waals surface area contributed by atoms with Crippen molar-refractivity contribution in [3.8, 4) is 11.4 Å². The van der Waals surface area contributed by atoms with Gasteiger partial charge in [-0.15, -0.1) is 10.2 Å². The van der Waals surface area contributed by atoms with Gasteiger partial charge in [-0.1, -0.05) is 0 Å². The van der Waals surface area contributed by atoms with Gasteiger partial charge in [-0.3, -0.25) is 9.55 Å². The number of nitrogens with two attached hydrogens (primary N) is 1. The predicted octanol–water partition coefficient (Wildman–Crippen LogP) is 0.316. The van der Waals surface area contributed by atoms with Gasteiger partial charge in [0.2, 0.25) is 0 Å². The van der Waals surface area contributed by atoms with Crippen LogP contribution in [0.1, 0.15) is 12.6 Å². The Morgan fingerprint density at radius 3 is 2.67 bits per heavy atom. The van der Waals surface area contributed by atoms with Crippen molar-refractivity contribution in [2.75, 3.05) is 0 Å². The van der Waals surface area contributed by atoms with Crippen LogP contribution in [0, 0.1) is 6.92 Å². The van der Waals surface area contributed by atoms with E-state index < -0.39 is 10.0 Å². The maximum Gasteiger partial charge on any atom is 0.273 e. The van der Waals surface area contributed by atoms with E-state index in [0.717, 1.165) is 11.3 Å². The van der Waals surface area contributed by atoms with Crippen LogP contribution in [-0.4, -0.2) is 28.2 Å². The summed E-state index contributed by atoms with van der Waals surface area (Å²) in [6.45, 7) is 4.06. The molecule has 96 valence electrons. The lowest BCUT2D eigenvalue weighted by atomic mass is 10.2. The minimum absolute atomic E-state index is 0.227. The number of rotatable bonds is 3. The topological polar surface area (TPSA) is 104 Å². The molecule has 0 fully saturated rings. The average molecular weight is 267 g/mol. The van der Waals surface area contributed by atoms with Gasteiger partial charge in [0.1, 0.15) is 0 Å². The number of aryl methyl sites for hydroxylation is 1. The predicted molar refractivity (Wildman–Crippen MR) is 65.0 cm³/mol. The molecule has 18 heavy (non-hydrogen) atoms. The fourth-order valence-electron chi connectivity index (χ4n) is 1.68. The van der Waals surface area contributed by atoms with Gasteiger partial charge in [0.05, 0.1) is 0 Å². The highest BCUT2D eigenvalue weighted by Gasteiger charge is 2.20. The van der Waals surface area contributed by atoms with Gasteiger partial charge in [-0.05, 0) is 26.0 Å². The first-order valence-corrected chi connectivity index (χ1v) is 6.87. The van der Waals surface area contributed by atoms with Crippen LogP contribution in [0.3, 0.4) is 0 Å². The molecular formula is C10H13N5O2S. The van der Waals surface area contributed by atoms with Crippen LogP contribution in [0.2, 0.25) is 0 Å². The molecule has 0 radical (unpaired) electrons. The molecule has 0 saturated heterocycles. The summed E-state index contributed by atoms with van der Waals surface area (Å²) in [7, 11) is -3.87. The lowest BCUT2D eigenvalue weighted by molar-refractivity contribution is 0.571. The van der Waals surface area contributed by atoms with E-state index in [-0.39, 0.29) is 5.16 Å².